The van der Waals surface area contributed by atoms with E-state index in [0.29, 0.717) is 5.75 Å². The zero-order chi connectivity index (χ0) is 9.68. The molecule has 0 bridgehead atoms. The van der Waals surface area contributed by atoms with Crippen molar-refractivity contribution in [2.45, 2.75) is 17.9 Å². The average molecular weight is 193 g/mol. The summed E-state index contributed by atoms with van der Waals surface area (Å²) in [6.45, 7) is 1.68. The molecule has 0 radical (unpaired) electrons. The first kappa shape index (κ1) is 9.94. The van der Waals surface area contributed by atoms with Gasteiger partial charge in [0.15, 0.2) is 0 Å². The highest BCUT2D eigenvalue weighted by Crippen LogP contribution is 2.06. The zero-order valence-electron chi connectivity index (χ0n) is 7.43. The van der Waals surface area contributed by atoms with Crippen LogP contribution in [-0.2, 0) is 16.6 Å². The fraction of sp³-hybridized carbons (Fsp3) is 0.300. The van der Waals surface area contributed by atoms with E-state index in [1.165, 1.54) is 0 Å². The van der Waals surface area contributed by atoms with Gasteiger partial charge >= 0.3 is 0 Å². The Hall–Kier alpha value is -1.14. The minimum atomic E-state index is -1.08. The van der Waals surface area contributed by atoms with Crippen LogP contribution in [0.3, 0.4) is 0 Å². The molecule has 0 fully saturated rings. The Balaban J connectivity index is 2.62. The number of nitrogens with zero attached hydrogens (tertiary/aromatic N) is 1. The molecule has 0 saturated carbocycles. The average Bonchev–Trinajstić information content (AvgIpc) is 2.18. The molecule has 2 atom stereocenters. The van der Waals surface area contributed by atoms with Crippen LogP contribution in [0.1, 0.15) is 12.5 Å². The molecule has 0 spiro atoms. The van der Waals surface area contributed by atoms with Crippen LogP contribution in [0, 0.1) is 11.3 Å². The smallest absolute Gasteiger partial charge is 0.119 e. The Bertz CT molecular complexity index is 329. The van der Waals surface area contributed by atoms with Crippen LogP contribution < -0.4 is 0 Å². The number of hydrogen-bond donors (Lipinski definition) is 0. The number of hydrogen-bond acceptors (Lipinski definition) is 2. The molecular formula is C10H11NOS. The van der Waals surface area contributed by atoms with Crippen molar-refractivity contribution in [3.05, 3.63) is 35.9 Å². The molecule has 3 heteroatoms. The number of nitriles is 1. The van der Waals surface area contributed by atoms with Crippen molar-refractivity contribution < 1.29 is 4.21 Å². The molecule has 0 aliphatic carbocycles. The molecule has 68 valence electrons. The third kappa shape index (κ3) is 3.00. The summed E-state index contributed by atoms with van der Waals surface area (Å²) >= 11 is 0. The van der Waals surface area contributed by atoms with Gasteiger partial charge in [0, 0.05) is 16.6 Å². The second-order valence-corrected chi connectivity index (χ2v) is 4.54. The maximum Gasteiger partial charge on any atom is 0.119 e. The molecule has 0 aromatic heterocycles. The minimum Gasteiger partial charge on any atom is -0.258 e. The molecule has 0 heterocycles. The summed E-state index contributed by atoms with van der Waals surface area (Å²) in [7, 11) is -1.08. The Morgan fingerprint density at radius 3 is 2.62 bits per heavy atom. The molecule has 0 aliphatic heterocycles. The molecule has 2 unspecified atom stereocenters. The van der Waals surface area contributed by atoms with Gasteiger partial charge in [0.05, 0.1) is 6.07 Å². The summed E-state index contributed by atoms with van der Waals surface area (Å²) < 4.78 is 11.4. The van der Waals surface area contributed by atoms with Crippen LogP contribution in [0.25, 0.3) is 0 Å². The minimum absolute atomic E-state index is 0.389. The van der Waals surface area contributed by atoms with Crippen molar-refractivity contribution in [1.82, 2.24) is 0 Å². The molecule has 2 nitrogen and oxygen atoms in total. The molecular weight excluding hydrogens is 182 g/mol. The molecule has 0 aliphatic rings. The number of benzene rings is 1. The van der Waals surface area contributed by atoms with Gasteiger partial charge in [-0.3, -0.25) is 4.21 Å². The van der Waals surface area contributed by atoms with Crippen LogP contribution in [0.15, 0.2) is 30.3 Å². The van der Waals surface area contributed by atoms with Gasteiger partial charge in [-0.2, -0.15) is 5.26 Å². The second kappa shape index (κ2) is 4.78. The van der Waals surface area contributed by atoms with Gasteiger partial charge in [0.1, 0.15) is 5.25 Å². The SMILES string of the molecule is CC(C#N)S(=O)Cc1ccccc1. The first-order valence-electron chi connectivity index (χ1n) is 4.04. The monoisotopic (exact) mass is 193 g/mol. The van der Waals surface area contributed by atoms with Crippen LogP contribution >= 0.6 is 0 Å². The lowest BCUT2D eigenvalue weighted by Crippen LogP contribution is -2.09. The van der Waals surface area contributed by atoms with Crippen LogP contribution in [0.4, 0.5) is 0 Å². The molecule has 1 rings (SSSR count). The van der Waals surface area contributed by atoms with Crippen molar-refractivity contribution in [1.29, 1.82) is 5.26 Å². The molecule has 13 heavy (non-hydrogen) atoms. The van der Waals surface area contributed by atoms with Gasteiger partial charge in [-0.1, -0.05) is 30.3 Å². The highest BCUT2D eigenvalue weighted by atomic mass is 32.2. The highest BCUT2D eigenvalue weighted by Gasteiger charge is 2.09. The van der Waals surface area contributed by atoms with E-state index >= 15 is 0 Å². The predicted octanol–water partition coefficient (Wildman–Crippen LogP) is 1.85. The van der Waals surface area contributed by atoms with Gasteiger partial charge in [0.25, 0.3) is 0 Å². The molecule has 0 amide bonds. The van der Waals surface area contributed by atoms with Gasteiger partial charge in [-0.05, 0) is 12.5 Å². The molecule has 1 aromatic rings. The van der Waals surface area contributed by atoms with Gasteiger partial charge in [-0.15, -0.1) is 0 Å². The summed E-state index contributed by atoms with van der Waals surface area (Å²) in [5, 5.41) is 8.15. The van der Waals surface area contributed by atoms with Crippen molar-refractivity contribution in [2.75, 3.05) is 0 Å². The summed E-state index contributed by atoms with van der Waals surface area (Å²) in [6, 6.07) is 11.6. The lowest BCUT2D eigenvalue weighted by atomic mass is 10.2. The third-order valence-corrected chi connectivity index (χ3v) is 3.24. The largest absolute Gasteiger partial charge is 0.258 e. The fourth-order valence-electron chi connectivity index (χ4n) is 0.922. The first-order chi connectivity index (χ1) is 6.24. The van der Waals surface area contributed by atoms with E-state index < -0.39 is 10.8 Å². The number of rotatable bonds is 3. The van der Waals surface area contributed by atoms with E-state index in [1.54, 1.807) is 6.92 Å². The Morgan fingerprint density at radius 2 is 2.08 bits per heavy atom. The first-order valence-corrected chi connectivity index (χ1v) is 5.43. The van der Waals surface area contributed by atoms with Crippen LogP contribution in [0.2, 0.25) is 0 Å². The Morgan fingerprint density at radius 1 is 1.46 bits per heavy atom. The summed E-state index contributed by atoms with van der Waals surface area (Å²) in [5.41, 5.74) is 1.02. The van der Waals surface area contributed by atoms with Crippen molar-refractivity contribution in [2.24, 2.45) is 0 Å². The van der Waals surface area contributed by atoms with Crippen LogP contribution in [-0.4, -0.2) is 9.46 Å². The quantitative estimate of drug-likeness (QED) is 0.735. The highest BCUT2D eigenvalue weighted by molar-refractivity contribution is 7.85. The normalized spacial score (nSPS) is 14.5. The van der Waals surface area contributed by atoms with E-state index in [4.69, 9.17) is 5.26 Å². The predicted molar refractivity (Wildman–Crippen MR) is 53.4 cm³/mol. The molecule has 0 N–H and O–H groups in total. The Labute approximate surface area is 80.7 Å². The Kier molecular flexibility index (Phi) is 3.66. The van der Waals surface area contributed by atoms with Crippen molar-refractivity contribution in [3.8, 4) is 6.07 Å². The lowest BCUT2D eigenvalue weighted by Gasteiger charge is -2.02. The van der Waals surface area contributed by atoms with E-state index in [1.807, 2.05) is 36.4 Å². The lowest BCUT2D eigenvalue weighted by molar-refractivity contribution is 0.679. The van der Waals surface area contributed by atoms with Crippen molar-refractivity contribution in [3.63, 3.8) is 0 Å². The maximum absolute atomic E-state index is 11.4. The summed E-state index contributed by atoms with van der Waals surface area (Å²) in [4.78, 5) is 0. The van der Waals surface area contributed by atoms with Gasteiger partial charge < -0.3 is 0 Å². The van der Waals surface area contributed by atoms with E-state index in [0.717, 1.165) is 5.56 Å². The summed E-state index contributed by atoms with van der Waals surface area (Å²) in [5.74, 6) is 0.468. The van der Waals surface area contributed by atoms with E-state index in [9.17, 15) is 4.21 Å². The van der Waals surface area contributed by atoms with Crippen molar-refractivity contribution >= 4 is 10.8 Å². The fourth-order valence-corrected chi connectivity index (χ4v) is 1.81. The van der Waals surface area contributed by atoms with Gasteiger partial charge in [0.2, 0.25) is 0 Å². The summed E-state index contributed by atoms with van der Waals surface area (Å²) in [6.07, 6.45) is 0. The zero-order valence-corrected chi connectivity index (χ0v) is 8.25. The van der Waals surface area contributed by atoms with E-state index in [-0.39, 0.29) is 5.25 Å². The molecule has 0 saturated heterocycles. The molecule has 1 aromatic carbocycles. The van der Waals surface area contributed by atoms with Gasteiger partial charge in [-0.25, -0.2) is 0 Å². The van der Waals surface area contributed by atoms with E-state index in [2.05, 4.69) is 0 Å². The second-order valence-electron chi connectivity index (χ2n) is 2.78. The van der Waals surface area contributed by atoms with Crippen LogP contribution in [0.5, 0.6) is 0 Å². The third-order valence-electron chi connectivity index (χ3n) is 1.73. The standard InChI is InChI=1S/C10H11NOS/c1-9(7-11)13(12)8-10-5-3-2-4-6-10/h2-6,9H,8H2,1H3. The maximum atomic E-state index is 11.4. The topological polar surface area (TPSA) is 40.9 Å².